The van der Waals surface area contributed by atoms with Crippen LogP contribution in [0.15, 0.2) is 71.2 Å². The molecule has 0 radical (unpaired) electrons. The Morgan fingerprint density at radius 3 is 2.25 bits per heavy atom. The molecular formula is C48H50F2N8O4S2. The second-order valence-corrected chi connectivity index (χ2v) is 19.8. The van der Waals surface area contributed by atoms with Gasteiger partial charge in [0.1, 0.15) is 40.6 Å². The molecule has 3 amide bonds. The fraction of sp³-hybridized carbons (Fsp3) is 0.354. The topological polar surface area (TPSA) is 155 Å². The van der Waals surface area contributed by atoms with Crippen LogP contribution in [0.3, 0.4) is 0 Å². The number of aryl methyl sites for hydroxylation is 3. The monoisotopic (exact) mass is 904 g/mol. The lowest BCUT2D eigenvalue weighted by Gasteiger charge is -2.35. The molecule has 5 heterocycles. The Kier molecular flexibility index (Phi) is 12.0. The quantitative estimate of drug-likeness (QED) is 0.131. The van der Waals surface area contributed by atoms with E-state index in [9.17, 15) is 19.5 Å². The fourth-order valence-electron chi connectivity index (χ4n) is 8.47. The summed E-state index contributed by atoms with van der Waals surface area (Å²) in [5, 5.41) is 26.0. The predicted molar refractivity (Wildman–Crippen MR) is 245 cm³/mol. The molecule has 64 heavy (non-hydrogen) atoms. The van der Waals surface area contributed by atoms with Crippen LogP contribution in [0.2, 0.25) is 0 Å². The molecule has 0 saturated carbocycles. The van der Waals surface area contributed by atoms with Crippen LogP contribution >= 0.6 is 22.7 Å². The van der Waals surface area contributed by atoms with Crippen molar-refractivity contribution >= 4 is 46.1 Å². The van der Waals surface area contributed by atoms with Gasteiger partial charge in [-0.2, -0.15) is 0 Å². The summed E-state index contributed by atoms with van der Waals surface area (Å²) in [6.45, 7) is 16.8. The molecule has 16 heteroatoms. The highest BCUT2D eigenvalue weighted by Gasteiger charge is 2.45. The van der Waals surface area contributed by atoms with E-state index < -0.39 is 59.0 Å². The van der Waals surface area contributed by atoms with Crippen LogP contribution in [-0.4, -0.2) is 77.9 Å². The summed E-state index contributed by atoms with van der Waals surface area (Å²) >= 11 is 3.15. The maximum atomic E-state index is 16.1. The molecular weight excluding hydrogens is 855 g/mol. The number of rotatable bonds is 9. The highest BCUT2D eigenvalue weighted by molar-refractivity contribution is 7.15. The van der Waals surface area contributed by atoms with E-state index in [4.69, 9.17) is 4.99 Å². The van der Waals surface area contributed by atoms with Crippen LogP contribution in [0.5, 0.6) is 0 Å². The smallest absolute Gasteiger partial charge is 0.254 e. The fourth-order valence-corrected chi connectivity index (χ4v) is 10.5. The van der Waals surface area contributed by atoms with E-state index in [1.807, 2.05) is 70.4 Å². The van der Waals surface area contributed by atoms with Gasteiger partial charge in [0.05, 0.1) is 39.5 Å². The molecule has 1 fully saturated rings. The number of amides is 3. The largest absolute Gasteiger partial charge is 0.391 e. The Labute approximate surface area is 378 Å². The molecule has 2 aliphatic heterocycles. The SMILES string of the molecule is Cc1ncsc1-c1ccc([C@H](C)NC(=O)[C@@H]2C[C@@H](O)CN2C(=O)C(NC(=O)c2ccc(-c3ccc(C4=N[C@@H](C)c5nnc(C)n5-c5sc(C)c(C)c54)cc3F)cc2F)C(C)(C)C)cc1. The van der Waals surface area contributed by atoms with Gasteiger partial charge < -0.3 is 20.6 Å². The lowest BCUT2D eigenvalue weighted by atomic mass is 9.85. The second-order valence-electron chi connectivity index (χ2n) is 17.7. The van der Waals surface area contributed by atoms with Gasteiger partial charge in [-0.3, -0.25) is 23.9 Å². The van der Waals surface area contributed by atoms with E-state index in [2.05, 4.69) is 25.8 Å². The number of aliphatic hydroxyl groups is 1. The van der Waals surface area contributed by atoms with Gasteiger partial charge in [-0.15, -0.1) is 32.9 Å². The molecule has 0 aliphatic carbocycles. The summed E-state index contributed by atoms with van der Waals surface area (Å²) < 4.78 is 34.1. The van der Waals surface area contributed by atoms with Crippen molar-refractivity contribution in [2.45, 2.75) is 99.0 Å². The van der Waals surface area contributed by atoms with Crippen molar-refractivity contribution in [3.63, 3.8) is 0 Å². The molecule has 1 unspecified atom stereocenters. The second kappa shape index (κ2) is 17.2. The lowest BCUT2D eigenvalue weighted by Crippen LogP contribution is -2.58. The van der Waals surface area contributed by atoms with E-state index in [-0.39, 0.29) is 35.7 Å². The molecule has 8 rings (SSSR count). The molecule has 3 N–H and O–H groups in total. The summed E-state index contributed by atoms with van der Waals surface area (Å²) in [7, 11) is 0. The molecule has 2 aliphatic rings. The van der Waals surface area contributed by atoms with Crippen LogP contribution in [0, 0.1) is 44.7 Å². The van der Waals surface area contributed by atoms with Gasteiger partial charge in [0.15, 0.2) is 5.82 Å². The number of aliphatic imine (C=N–C) groups is 1. The number of hydrogen-bond acceptors (Lipinski definition) is 10. The number of aliphatic hydroxyl groups excluding tert-OH is 1. The maximum Gasteiger partial charge on any atom is 0.254 e. The summed E-state index contributed by atoms with van der Waals surface area (Å²) in [5.74, 6) is -1.98. The molecule has 3 aromatic carbocycles. The molecule has 3 aromatic heterocycles. The third kappa shape index (κ3) is 8.29. The van der Waals surface area contributed by atoms with Crippen molar-refractivity contribution in [1.82, 2.24) is 35.3 Å². The Hall–Kier alpha value is -5.97. The number of halogens is 2. The zero-order chi connectivity index (χ0) is 45.9. The first-order valence-corrected chi connectivity index (χ1v) is 22.8. The summed E-state index contributed by atoms with van der Waals surface area (Å²) in [6, 6.07) is 13.4. The number of thiazole rings is 1. The molecule has 1 saturated heterocycles. The van der Waals surface area contributed by atoms with Gasteiger partial charge in [-0.05, 0) is 87.4 Å². The Balaban J connectivity index is 0.981. The highest BCUT2D eigenvalue weighted by Crippen LogP contribution is 2.39. The van der Waals surface area contributed by atoms with Crippen LogP contribution in [0.4, 0.5) is 8.78 Å². The number of fused-ring (bicyclic) bond motifs is 3. The average Bonchev–Trinajstić information content (AvgIpc) is 4.01. The Morgan fingerprint density at radius 1 is 0.906 bits per heavy atom. The Morgan fingerprint density at radius 2 is 1.59 bits per heavy atom. The van der Waals surface area contributed by atoms with Crippen molar-refractivity contribution in [2.24, 2.45) is 10.4 Å². The van der Waals surface area contributed by atoms with Crippen molar-refractivity contribution < 1.29 is 28.3 Å². The lowest BCUT2D eigenvalue weighted by molar-refractivity contribution is -0.142. The number of aromatic nitrogens is 4. The van der Waals surface area contributed by atoms with Crippen LogP contribution in [-0.2, 0) is 9.59 Å². The van der Waals surface area contributed by atoms with E-state index >= 15 is 8.78 Å². The zero-order valence-electron chi connectivity index (χ0n) is 37.1. The summed E-state index contributed by atoms with van der Waals surface area (Å²) in [5.41, 5.74) is 6.79. The zero-order valence-corrected chi connectivity index (χ0v) is 38.7. The Bertz CT molecular complexity index is 2840. The standard InChI is InChI=1S/C48H50F2N8O4S2/c1-23-27(5)64-47-39(23)40(52-26(4)43-56-55-28(6)58(43)47)32-15-16-34(36(49)19-32)31-14-17-35(37(50)18-31)44(60)54-42(48(7,8)9)46(62)57-21-33(59)20-38(57)45(61)53-24(2)29-10-12-30(13-11-29)41-25(3)51-22-63-41/h10-19,22,24,26,33,38,42,59H,20-21H2,1-9H3,(H,53,61)(H,54,60)/t24-,26-,33+,38-,42?/m0/s1. The van der Waals surface area contributed by atoms with Gasteiger partial charge in [-0.1, -0.05) is 63.2 Å². The first kappa shape index (κ1) is 44.6. The number of thiophene rings is 1. The van der Waals surface area contributed by atoms with Crippen molar-refractivity contribution in [3.8, 4) is 26.6 Å². The van der Waals surface area contributed by atoms with Gasteiger partial charge in [0, 0.05) is 34.5 Å². The number of carbonyl (C=O) groups is 3. The minimum atomic E-state index is -1.20. The van der Waals surface area contributed by atoms with E-state index in [0.717, 1.165) is 54.6 Å². The molecule has 12 nitrogen and oxygen atoms in total. The minimum absolute atomic E-state index is 0.0112. The minimum Gasteiger partial charge on any atom is -0.391 e. The summed E-state index contributed by atoms with van der Waals surface area (Å²) in [4.78, 5) is 54.6. The predicted octanol–water partition coefficient (Wildman–Crippen LogP) is 8.53. The van der Waals surface area contributed by atoms with E-state index in [1.165, 1.54) is 23.1 Å². The number of hydrogen-bond donors (Lipinski definition) is 3. The molecule has 6 aromatic rings. The number of nitrogens with zero attached hydrogens (tertiary/aromatic N) is 6. The molecule has 0 spiro atoms. The van der Waals surface area contributed by atoms with Crippen LogP contribution in [0.25, 0.3) is 26.6 Å². The van der Waals surface area contributed by atoms with Crippen LogP contribution in [0.1, 0.15) is 108 Å². The van der Waals surface area contributed by atoms with Crippen molar-refractivity contribution in [1.29, 1.82) is 0 Å². The van der Waals surface area contributed by atoms with E-state index in [0.29, 0.717) is 17.1 Å². The number of benzene rings is 3. The maximum absolute atomic E-state index is 16.1. The average molecular weight is 905 g/mol. The number of nitrogens with one attached hydrogen (secondary N) is 2. The number of carbonyl (C=O) groups excluding carboxylic acids is 3. The first-order valence-electron chi connectivity index (χ1n) is 21.1. The van der Waals surface area contributed by atoms with Crippen molar-refractivity contribution in [3.05, 3.63) is 128 Å². The van der Waals surface area contributed by atoms with Gasteiger partial charge in [0.2, 0.25) is 11.8 Å². The molecule has 332 valence electrons. The van der Waals surface area contributed by atoms with Gasteiger partial charge >= 0.3 is 0 Å². The third-order valence-corrected chi connectivity index (χ3v) is 14.3. The van der Waals surface area contributed by atoms with Gasteiger partial charge in [0.25, 0.3) is 5.91 Å². The number of likely N-dealkylation sites (tertiary alicyclic amines) is 1. The normalized spacial score (nSPS) is 18.2. The summed E-state index contributed by atoms with van der Waals surface area (Å²) in [6.07, 6.45) is -0.957. The highest BCUT2D eigenvalue weighted by atomic mass is 32.1. The number of β-amino-alcohol motifs (C(OH)–C–C–N with tert-alkyl or cyclic N) is 1. The third-order valence-electron chi connectivity index (χ3n) is 12.2. The first-order chi connectivity index (χ1) is 30.3. The van der Waals surface area contributed by atoms with Crippen molar-refractivity contribution in [2.75, 3.05) is 6.54 Å². The molecule has 0 bridgehead atoms. The van der Waals surface area contributed by atoms with E-state index in [1.54, 1.807) is 61.1 Å². The van der Waals surface area contributed by atoms with Crippen LogP contribution < -0.4 is 10.6 Å². The van der Waals surface area contributed by atoms with Gasteiger partial charge in [-0.25, -0.2) is 13.8 Å². The molecule has 5 atom stereocenters.